The van der Waals surface area contributed by atoms with E-state index in [1.54, 1.807) is 6.20 Å². The molecule has 28 heavy (non-hydrogen) atoms. The van der Waals surface area contributed by atoms with Crippen LogP contribution in [0.5, 0.6) is 0 Å². The van der Waals surface area contributed by atoms with Gasteiger partial charge in [-0.25, -0.2) is 4.98 Å². The van der Waals surface area contributed by atoms with Crippen LogP contribution in [0.3, 0.4) is 0 Å². The number of carbonyl (C=O) groups is 2. The van der Waals surface area contributed by atoms with Crippen LogP contribution < -0.4 is 5.32 Å². The summed E-state index contributed by atoms with van der Waals surface area (Å²) in [6.45, 7) is 4.19. The summed E-state index contributed by atoms with van der Waals surface area (Å²) in [6.07, 6.45) is 5.45. The quantitative estimate of drug-likeness (QED) is 0.562. The van der Waals surface area contributed by atoms with E-state index in [-0.39, 0.29) is 11.9 Å². The molecule has 0 bridgehead atoms. The van der Waals surface area contributed by atoms with Gasteiger partial charge >= 0.3 is 0 Å². The SMILES string of the molecule is CC(C)n1cc(C2=C(c3cnc4ccccn34)C(=O)NC2=O)c2ccccc21. The Labute approximate surface area is 161 Å². The number of hydrogen-bond acceptors (Lipinski definition) is 3. The fourth-order valence-electron chi connectivity index (χ4n) is 3.91. The second-order valence-electron chi connectivity index (χ2n) is 7.17. The molecule has 2 amide bonds. The number of carbonyl (C=O) groups excluding carboxylic acids is 2. The summed E-state index contributed by atoms with van der Waals surface area (Å²) in [6, 6.07) is 13.8. The standard InChI is InChI=1S/C22H18N4O2/c1-13(2)26-12-15(14-7-3-4-8-16(14)26)19-20(22(28)24-21(19)27)17-11-23-18-9-5-6-10-25(17)18/h3-13H,1-2H3,(H,24,27,28). The summed E-state index contributed by atoms with van der Waals surface area (Å²) in [5.41, 5.74) is 3.87. The van der Waals surface area contributed by atoms with Gasteiger partial charge in [-0.15, -0.1) is 0 Å². The van der Waals surface area contributed by atoms with Gasteiger partial charge in [0.25, 0.3) is 11.8 Å². The molecule has 0 unspecified atom stereocenters. The Kier molecular flexibility index (Phi) is 3.49. The molecule has 1 N–H and O–H groups in total. The molecular weight excluding hydrogens is 352 g/mol. The second kappa shape index (κ2) is 5.92. The lowest BCUT2D eigenvalue weighted by Gasteiger charge is -2.08. The van der Waals surface area contributed by atoms with Crippen LogP contribution in [0, 0.1) is 0 Å². The molecule has 0 aliphatic carbocycles. The van der Waals surface area contributed by atoms with E-state index in [0.717, 1.165) is 22.1 Å². The van der Waals surface area contributed by atoms with Gasteiger partial charge in [0.05, 0.1) is 23.0 Å². The van der Waals surface area contributed by atoms with Crippen molar-refractivity contribution in [3.8, 4) is 0 Å². The third-order valence-electron chi connectivity index (χ3n) is 5.17. The molecule has 6 heteroatoms. The third-order valence-corrected chi connectivity index (χ3v) is 5.17. The van der Waals surface area contributed by atoms with Crippen molar-refractivity contribution < 1.29 is 9.59 Å². The second-order valence-corrected chi connectivity index (χ2v) is 7.17. The molecule has 6 nitrogen and oxygen atoms in total. The summed E-state index contributed by atoms with van der Waals surface area (Å²) in [5, 5.41) is 3.42. The van der Waals surface area contributed by atoms with E-state index < -0.39 is 5.91 Å². The molecule has 1 aliphatic heterocycles. The lowest BCUT2D eigenvalue weighted by Crippen LogP contribution is -2.23. The van der Waals surface area contributed by atoms with Crippen molar-refractivity contribution >= 4 is 39.5 Å². The number of aromatic nitrogens is 3. The van der Waals surface area contributed by atoms with Crippen LogP contribution in [0.25, 0.3) is 27.7 Å². The van der Waals surface area contributed by atoms with E-state index >= 15 is 0 Å². The molecule has 3 aromatic heterocycles. The molecule has 0 fully saturated rings. The van der Waals surface area contributed by atoms with Crippen molar-refractivity contribution in [2.24, 2.45) is 0 Å². The molecule has 5 rings (SSSR count). The molecule has 138 valence electrons. The van der Waals surface area contributed by atoms with Gasteiger partial charge in [-0.2, -0.15) is 0 Å². The maximum atomic E-state index is 12.8. The lowest BCUT2D eigenvalue weighted by atomic mass is 9.99. The number of nitrogens with zero attached hydrogens (tertiary/aromatic N) is 3. The maximum absolute atomic E-state index is 12.8. The topological polar surface area (TPSA) is 68.4 Å². The number of benzene rings is 1. The van der Waals surface area contributed by atoms with Gasteiger partial charge in [0.2, 0.25) is 0 Å². The van der Waals surface area contributed by atoms with Crippen LogP contribution in [0.2, 0.25) is 0 Å². The zero-order valence-electron chi connectivity index (χ0n) is 15.5. The van der Waals surface area contributed by atoms with E-state index in [4.69, 9.17) is 0 Å². The summed E-state index contributed by atoms with van der Waals surface area (Å²) < 4.78 is 3.95. The average Bonchev–Trinajstić information content (AvgIpc) is 3.34. The first-order valence-corrected chi connectivity index (χ1v) is 9.18. The molecule has 4 heterocycles. The van der Waals surface area contributed by atoms with Gasteiger partial charge in [0, 0.05) is 34.9 Å². The highest BCUT2D eigenvalue weighted by Gasteiger charge is 2.35. The molecule has 0 saturated carbocycles. The Morgan fingerprint density at radius 1 is 0.964 bits per heavy atom. The van der Waals surface area contributed by atoms with Gasteiger partial charge in [-0.3, -0.25) is 19.3 Å². The van der Waals surface area contributed by atoms with Crippen molar-refractivity contribution in [3.63, 3.8) is 0 Å². The first-order valence-electron chi connectivity index (χ1n) is 9.18. The number of imidazole rings is 1. The van der Waals surface area contributed by atoms with E-state index in [9.17, 15) is 9.59 Å². The Bertz CT molecular complexity index is 1310. The highest BCUT2D eigenvalue weighted by Crippen LogP contribution is 2.37. The summed E-state index contributed by atoms with van der Waals surface area (Å²) >= 11 is 0. The number of fused-ring (bicyclic) bond motifs is 2. The fourth-order valence-corrected chi connectivity index (χ4v) is 3.91. The molecule has 0 radical (unpaired) electrons. The first kappa shape index (κ1) is 16.5. The van der Waals surface area contributed by atoms with Crippen LogP contribution in [0.4, 0.5) is 0 Å². The van der Waals surface area contributed by atoms with Gasteiger partial charge < -0.3 is 4.57 Å². The molecule has 0 spiro atoms. The normalized spacial score (nSPS) is 14.7. The van der Waals surface area contributed by atoms with Gasteiger partial charge in [-0.1, -0.05) is 24.3 Å². The minimum atomic E-state index is -0.396. The van der Waals surface area contributed by atoms with Crippen LogP contribution in [0.15, 0.2) is 61.1 Å². The lowest BCUT2D eigenvalue weighted by molar-refractivity contribution is -0.122. The molecule has 1 aromatic carbocycles. The number of hydrogen-bond donors (Lipinski definition) is 1. The number of amides is 2. The number of nitrogens with one attached hydrogen (secondary N) is 1. The first-order chi connectivity index (χ1) is 13.6. The van der Waals surface area contributed by atoms with Gasteiger partial charge in [0.15, 0.2) is 0 Å². The smallest absolute Gasteiger partial charge is 0.261 e. The Morgan fingerprint density at radius 3 is 2.54 bits per heavy atom. The van der Waals surface area contributed by atoms with Crippen LogP contribution in [-0.4, -0.2) is 25.8 Å². The zero-order valence-corrected chi connectivity index (χ0v) is 15.5. The van der Waals surface area contributed by atoms with E-state index in [1.165, 1.54) is 0 Å². The van der Waals surface area contributed by atoms with Crippen molar-refractivity contribution in [1.29, 1.82) is 0 Å². The van der Waals surface area contributed by atoms with E-state index in [1.807, 2.05) is 59.3 Å². The van der Waals surface area contributed by atoms with Crippen LogP contribution >= 0.6 is 0 Å². The zero-order chi connectivity index (χ0) is 19.4. The summed E-state index contributed by atoms with van der Waals surface area (Å²) in [5.74, 6) is -0.774. The van der Waals surface area contributed by atoms with Gasteiger partial charge in [-0.05, 0) is 32.0 Å². The molecule has 0 saturated heterocycles. The Hall–Kier alpha value is -3.67. The number of para-hydroxylation sites is 1. The highest BCUT2D eigenvalue weighted by molar-refractivity contribution is 6.49. The number of rotatable bonds is 3. The highest BCUT2D eigenvalue weighted by atomic mass is 16.2. The number of imide groups is 1. The average molecular weight is 370 g/mol. The maximum Gasteiger partial charge on any atom is 0.261 e. The minimum Gasteiger partial charge on any atom is -0.344 e. The predicted molar refractivity (Wildman–Crippen MR) is 107 cm³/mol. The summed E-state index contributed by atoms with van der Waals surface area (Å²) in [7, 11) is 0. The van der Waals surface area contributed by atoms with Crippen molar-refractivity contribution in [3.05, 3.63) is 72.3 Å². The van der Waals surface area contributed by atoms with Crippen LogP contribution in [0.1, 0.15) is 31.1 Å². The van der Waals surface area contributed by atoms with Crippen LogP contribution in [-0.2, 0) is 9.59 Å². The van der Waals surface area contributed by atoms with Crippen molar-refractivity contribution in [2.45, 2.75) is 19.9 Å². The monoisotopic (exact) mass is 370 g/mol. The molecule has 4 aromatic rings. The summed E-state index contributed by atoms with van der Waals surface area (Å²) in [4.78, 5) is 29.9. The minimum absolute atomic E-state index is 0.221. The fraction of sp³-hybridized carbons (Fsp3) is 0.136. The molecule has 1 aliphatic rings. The Balaban J connectivity index is 1.86. The van der Waals surface area contributed by atoms with Crippen molar-refractivity contribution in [2.75, 3.05) is 0 Å². The Morgan fingerprint density at radius 2 is 1.71 bits per heavy atom. The number of pyridine rings is 1. The predicted octanol–water partition coefficient (Wildman–Crippen LogP) is 3.44. The third kappa shape index (κ3) is 2.24. The van der Waals surface area contributed by atoms with Crippen molar-refractivity contribution in [1.82, 2.24) is 19.3 Å². The van der Waals surface area contributed by atoms with E-state index in [2.05, 4.69) is 28.7 Å². The molecule has 0 atom stereocenters. The van der Waals surface area contributed by atoms with Gasteiger partial charge in [0.1, 0.15) is 5.65 Å². The molecular formula is C22H18N4O2. The van der Waals surface area contributed by atoms with E-state index in [0.29, 0.717) is 16.8 Å². The largest absolute Gasteiger partial charge is 0.344 e.